The van der Waals surface area contributed by atoms with E-state index in [1.807, 2.05) is 80.6 Å². The van der Waals surface area contributed by atoms with Gasteiger partial charge < -0.3 is 5.32 Å². The molecule has 0 saturated heterocycles. The molecule has 0 atom stereocenters. The van der Waals surface area contributed by atoms with Crippen LogP contribution in [0, 0.1) is 0 Å². The summed E-state index contributed by atoms with van der Waals surface area (Å²) in [5.74, 6) is 0.369. The number of rotatable bonds is 5. The second-order valence-corrected chi connectivity index (χ2v) is 6.29. The van der Waals surface area contributed by atoms with Crippen LogP contribution in [0.5, 0.6) is 0 Å². The smallest absolute Gasteiger partial charge is 0.230 e. The topological polar surface area (TPSA) is 54.9 Å². The van der Waals surface area contributed by atoms with Gasteiger partial charge in [-0.25, -0.2) is 9.97 Å². The van der Waals surface area contributed by atoms with Gasteiger partial charge in [0.25, 0.3) is 0 Å². The van der Waals surface area contributed by atoms with Crippen LogP contribution in [0.4, 0.5) is 5.82 Å². The van der Waals surface area contributed by atoms with Crippen LogP contribution < -0.4 is 5.32 Å². The molecule has 0 spiro atoms. The van der Waals surface area contributed by atoms with Gasteiger partial charge in [-0.15, -0.1) is 0 Å². The highest BCUT2D eigenvalue weighted by Crippen LogP contribution is 2.21. The maximum atomic E-state index is 12.4. The van der Waals surface area contributed by atoms with Gasteiger partial charge in [0, 0.05) is 5.56 Å². The summed E-state index contributed by atoms with van der Waals surface area (Å²) in [5, 5.41) is 2.89. The molecule has 0 radical (unpaired) electrons. The molecule has 0 aliphatic heterocycles. The first-order chi connectivity index (χ1) is 12.6. The molecular formula is C22H21N3O. The van der Waals surface area contributed by atoms with Crippen LogP contribution in [0.1, 0.15) is 25.1 Å². The molecule has 130 valence electrons. The van der Waals surface area contributed by atoms with Crippen LogP contribution in [0.15, 0.2) is 72.4 Å². The van der Waals surface area contributed by atoms with E-state index in [1.165, 1.54) is 0 Å². The highest BCUT2D eigenvalue weighted by Gasteiger charge is 2.11. The molecule has 1 N–H and O–H groups in total. The lowest BCUT2D eigenvalue weighted by atomic mass is 10.1. The predicted molar refractivity (Wildman–Crippen MR) is 106 cm³/mol. The Balaban J connectivity index is 1.86. The van der Waals surface area contributed by atoms with Gasteiger partial charge in [0.05, 0.1) is 18.3 Å². The van der Waals surface area contributed by atoms with Crippen LogP contribution in [0.2, 0.25) is 0 Å². The number of carbonyl (C=O) groups is 1. The van der Waals surface area contributed by atoms with Crippen molar-refractivity contribution in [1.29, 1.82) is 0 Å². The number of nitrogens with one attached hydrogen (secondary N) is 1. The number of carbonyl (C=O) groups excluding carboxylic acids is 1. The highest BCUT2D eigenvalue weighted by molar-refractivity contribution is 5.93. The van der Waals surface area contributed by atoms with Crippen LogP contribution >= 0.6 is 0 Å². The fraction of sp³-hybridized carbons (Fsp3) is 0.136. The molecule has 1 amide bonds. The van der Waals surface area contributed by atoms with Gasteiger partial charge in [0.15, 0.2) is 5.82 Å². The van der Waals surface area contributed by atoms with E-state index in [2.05, 4.69) is 15.3 Å². The third-order valence-corrected chi connectivity index (χ3v) is 3.76. The van der Waals surface area contributed by atoms with E-state index in [9.17, 15) is 4.79 Å². The maximum Gasteiger partial charge on any atom is 0.230 e. The SMILES string of the molecule is CC(C)=Cc1nc(-c2ccccc2)cnc1NC(=O)Cc1ccccc1. The van der Waals surface area contributed by atoms with Gasteiger partial charge in [0.1, 0.15) is 5.69 Å². The Labute approximate surface area is 153 Å². The van der Waals surface area contributed by atoms with Crippen molar-refractivity contribution in [1.82, 2.24) is 9.97 Å². The minimum absolute atomic E-state index is 0.110. The molecule has 4 nitrogen and oxygen atoms in total. The average molecular weight is 343 g/mol. The molecule has 0 fully saturated rings. The minimum Gasteiger partial charge on any atom is -0.309 e. The van der Waals surface area contributed by atoms with Crippen molar-refractivity contribution in [3.63, 3.8) is 0 Å². The van der Waals surface area contributed by atoms with Crippen molar-refractivity contribution in [2.45, 2.75) is 20.3 Å². The Morgan fingerprint density at radius 1 is 1.00 bits per heavy atom. The number of amides is 1. The largest absolute Gasteiger partial charge is 0.309 e. The van der Waals surface area contributed by atoms with Crippen molar-refractivity contribution in [2.24, 2.45) is 0 Å². The van der Waals surface area contributed by atoms with E-state index in [0.717, 1.165) is 22.4 Å². The molecule has 2 aromatic carbocycles. The van der Waals surface area contributed by atoms with Gasteiger partial charge in [0.2, 0.25) is 5.91 Å². The predicted octanol–water partition coefficient (Wildman–Crippen LogP) is 4.75. The lowest BCUT2D eigenvalue weighted by Crippen LogP contribution is -2.16. The number of aromatic nitrogens is 2. The summed E-state index contributed by atoms with van der Waals surface area (Å²) in [6, 6.07) is 19.5. The molecule has 0 aliphatic rings. The minimum atomic E-state index is -0.110. The Kier molecular flexibility index (Phi) is 5.54. The zero-order valence-electron chi connectivity index (χ0n) is 14.9. The summed E-state index contributed by atoms with van der Waals surface area (Å²) in [4.78, 5) is 21.5. The zero-order chi connectivity index (χ0) is 18.4. The van der Waals surface area contributed by atoms with Crippen molar-refractivity contribution >= 4 is 17.8 Å². The van der Waals surface area contributed by atoms with Crippen molar-refractivity contribution in [3.05, 3.63) is 83.7 Å². The fourth-order valence-electron chi connectivity index (χ4n) is 2.58. The molecule has 4 heteroatoms. The molecule has 3 rings (SSSR count). The summed E-state index contributed by atoms with van der Waals surface area (Å²) < 4.78 is 0. The second kappa shape index (κ2) is 8.21. The second-order valence-electron chi connectivity index (χ2n) is 6.29. The highest BCUT2D eigenvalue weighted by atomic mass is 16.1. The van der Waals surface area contributed by atoms with Crippen LogP contribution in [0.25, 0.3) is 17.3 Å². The summed E-state index contributed by atoms with van der Waals surface area (Å²) in [5.41, 5.74) is 4.48. The number of hydrogen-bond acceptors (Lipinski definition) is 3. The molecule has 0 bridgehead atoms. The number of benzene rings is 2. The standard InChI is InChI=1S/C22H21N3O/c1-16(2)13-19-22(25-21(26)14-17-9-5-3-6-10-17)23-15-20(24-19)18-11-7-4-8-12-18/h3-13,15H,14H2,1-2H3,(H,23,25,26). The van der Waals surface area contributed by atoms with Crippen LogP contribution in [0.3, 0.4) is 0 Å². The molecular weight excluding hydrogens is 322 g/mol. The van der Waals surface area contributed by atoms with E-state index < -0.39 is 0 Å². The normalized spacial score (nSPS) is 10.2. The molecule has 26 heavy (non-hydrogen) atoms. The van der Waals surface area contributed by atoms with E-state index in [4.69, 9.17) is 0 Å². The Morgan fingerprint density at radius 2 is 1.65 bits per heavy atom. The lowest BCUT2D eigenvalue weighted by molar-refractivity contribution is -0.115. The number of anilines is 1. The fourth-order valence-corrected chi connectivity index (χ4v) is 2.58. The van der Waals surface area contributed by atoms with E-state index in [0.29, 0.717) is 17.9 Å². The van der Waals surface area contributed by atoms with E-state index >= 15 is 0 Å². The first-order valence-corrected chi connectivity index (χ1v) is 8.53. The summed E-state index contributed by atoms with van der Waals surface area (Å²) in [6.07, 6.45) is 3.92. The maximum absolute atomic E-state index is 12.4. The average Bonchev–Trinajstić information content (AvgIpc) is 2.64. The number of hydrogen-bond donors (Lipinski definition) is 1. The molecule has 0 saturated carbocycles. The molecule has 0 aliphatic carbocycles. The zero-order valence-corrected chi connectivity index (χ0v) is 14.9. The third kappa shape index (κ3) is 4.63. The van der Waals surface area contributed by atoms with Gasteiger partial charge >= 0.3 is 0 Å². The van der Waals surface area contributed by atoms with Gasteiger partial charge in [-0.1, -0.05) is 66.2 Å². The first-order valence-electron chi connectivity index (χ1n) is 8.53. The van der Waals surface area contributed by atoms with Crippen LogP contribution in [-0.4, -0.2) is 15.9 Å². The Hall–Kier alpha value is -3.27. The van der Waals surface area contributed by atoms with Crippen molar-refractivity contribution in [3.8, 4) is 11.3 Å². The number of nitrogens with zero attached hydrogens (tertiary/aromatic N) is 2. The van der Waals surface area contributed by atoms with Crippen LogP contribution in [-0.2, 0) is 11.2 Å². The summed E-state index contributed by atoms with van der Waals surface area (Å²) >= 11 is 0. The molecule has 1 aromatic heterocycles. The van der Waals surface area contributed by atoms with E-state index in [-0.39, 0.29) is 5.91 Å². The molecule has 0 unspecified atom stereocenters. The van der Waals surface area contributed by atoms with Crippen molar-refractivity contribution < 1.29 is 4.79 Å². The lowest BCUT2D eigenvalue weighted by Gasteiger charge is -2.10. The van der Waals surface area contributed by atoms with Crippen molar-refractivity contribution in [2.75, 3.05) is 5.32 Å². The van der Waals surface area contributed by atoms with Gasteiger partial charge in [-0.2, -0.15) is 0 Å². The Morgan fingerprint density at radius 3 is 2.31 bits per heavy atom. The van der Waals surface area contributed by atoms with Gasteiger partial charge in [-0.05, 0) is 25.5 Å². The third-order valence-electron chi connectivity index (χ3n) is 3.76. The molecule has 1 heterocycles. The van der Waals surface area contributed by atoms with Gasteiger partial charge in [-0.3, -0.25) is 4.79 Å². The first kappa shape index (κ1) is 17.5. The summed E-state index contributed by atoms with van der Waals surface area (Å²) in [7, 11) is 0. The quantitative estimate of drug-likeness (QED) is 0.727. The Bertz CT molecular complexity index is 915. The summed E-state index contributed by atoms with van der Waals surface area (Å²) in [6.45, 7) is 3.99. The number of allylic oxidation sites excluding steroid dienone is 1. The van der Waals surface area contributed by atoms with E-state index in [1.54, 1.807) is 6.20 Å². The molecule has 3 aromatic rings. The monoisotopic (exact) mass is 343 g/mol.